The Morgan fingerprint density at radius 1 is 0.788 bits per heavy atom. The maximum atomic E-state index is 9.81. The predicted octanol–water partition coefficient (Wildman–Crippen LogP) is 1.27. The van der Waals surface area contributed by atoms with Gasteiger partial charge in [0.2, 0.25) is 0 Å². The molecule has 1 radical (unpaired) electrons. The molecule has 0 spiro atoms. The van der Waals surface area contributed by atoms with Crippen LogP contribution in [0.4, 0.5) is 0 Å². The van der Waals surface area contributed by atoms with E-state index < -0.39 is 11.9 Å². The van der Waals surface area contributed by atoms with Gasteiger partial charge in [0.25, 0.3) is 0 Å². The van der Waals surface area contributed by atoms with Gasteiger partial charge in [-0.25, -0.2) is 0 Å². The van der Waals surface area contributed by atoms with Crippen molar-refractivity contribution in [2.24, 2.45) is 9.98 Å². The fraction of sp³-hybridized carbons (Fsp3) is 0.333. The van der Waals surface area contributed by atoms with Gasteiger partial charge in [-0.05, 0) is 62.1 Å². The van der Waals surface area contributed by atoms with E-state index in [1.165, 1.54) is 11.1 Å². The maximum Gasteiger partial charge on any atom is 2.00 e. The zero-order valence-electron chi connectivity index (χ0n) is 19.2. The van der Waals surface area contributed by atoms with Crippen LogP contribution in [0.3, 0.4) is 0 Å². The summed E-state index contributed by atoms with van der Waals surface area (Å²) in [7, 11) is 0. The third-order valence-corrected chi connectivity index (χ3v) is 3.82. The van der Waals surface area contributed by atoms with Crippen LogP contribution in [-0.2, 0) is 39.2 Å². The number of aliphatic imine (C=N–C) groups is 2. The number of phenolic OH excluding ortho intramolecular Hbond substituents is 2. The number of benzene rings is 2. The van der Waals surface area contributed by atoms with Gasteiger partial charge in [0.15, 0.2) is 0 Å². The zero-order chi connectivity index (χ0) is 24.5. The monoisotopic (exact) mass is 501 g/mol. The molecule has 8 nitrogen and oxygen atoms in total. The molecule has 0 heterocycles. The molecular weight excluding hydrogens is 471 g/mol. The first-order valence-corrected chi connectivity index (χ1v) is 10.1. The third-order valence-electron chi connectivity index (χ3n) is 3.82. The van der Waals surface area contributed by atoms with Crippen LogP contribution in [0.1, 0.15) is 49.9 Å². The number of aromatic hydroxyl groups is 2. The summed E-state index contributed by atoms with van der Waals surface area (Å²) >= 11 is 0. The Bertz CT molecular complexity index is 846. The number of phenols is 2. The van der Waals surface area contributed by atoms with E-state index in [0.717, 1.165) is 37.8 Å². The van der Waals surface area contributed by atoms with Crippen molar-refractivity contribution in [3.05, 3.63) is 58.7 Å². The van der Waals surface area contributed by atoms with Crippen LogP contribution in [0, 0.1) is 0 Å². The molecule has 181 valence electrons. The SMILES string of the molecule is CC(=O)[O-].CC(=O)[O-].CCc1ccc(O)c(C=NCCN=Cc2cc(CC)ccc2O)c1.[Co+2]. The summed E-state index contributed by atoms with van der Waals surface area (Å²) in [5, 5.41) is 37.4. The van der Waals surface area contributed by atoms with Crippen molar-refractivity contribution in [3.8, 4) is 11.5 Å². The summed E-state index contributed by atoms with van der Waals surface area (Å²) in [6.07, 6.45) is 5.20. The van der Waals surface area contributed by atoms with E-state index in [4.69, 9.17) is 19.8 Å². The van der Waals surface area contributed by atoms with Crippen LogP contribution in [-0.4, -0.2) is 47.7 Å². The standard InChI is InChI=1S/C20H24N2O2.2C2H4O2.Co/c1-3-15-5-7-19(23)17(11-15)13-21-9-10-22-14-18-12-16(4-2)6-8-20(18)24;2*1-2(3)4;/h5-8,11-14,23-24H,3-4,9-10H2,1-2H3;2*1H3,(H,3,4);/q;;;+2/p-2. The molecule has 0 atom stereocenters. The van der Waals surface area contributed by atoms with Gasteiger partial charge in [-0.15, -0.1) is 0 Å². The van der Waals surface area contributed by atoms with E-state index in [-0.39, 0.29) is 28.3 Å². The number of carbonyl (C=O) groups excluding carboxylic acids is 2. The Balaban J connectivity index is 0. The van der Waals surface area contributed by atoms with E-state index in [2.05, 4.69) is 23.8 Å². The Labute approximate surface area is 204 Å². The minimum Gasteiger partial charge on any atom is -0.550 e. The van der Waals surface area contributed by atoms with E-state index in [1.54, 1.807) is 24.6 Å². The van der Waals surface area contributed by atoms with Crippen LogP contribution in [0.5, 0.6) is 11.5 Å². The number of rotatable bonds is 7. The van der Waals surface area contributed by atoms with Crippen LogP contribution >= 0.6 is 0 Å². The number of carboxylic acid groups (broad SMARTS) is 2. The quantitative estimate of drug-likeness (QED) is 0.432. The van der Waals surface area contributed by atoms with E-state index in [0.29, 0.717) is 13.1 Å². The molecule has 0 unspecified atom stereocenters. The summed E-state index contributed by atoms with van der Waals surface area (Å²) in [6, 6.07) is 11.1. The minimum atomic E-state index is -1.08. The van der Waals surface area contributed by atoms with Gasteiger partial charge >= 0.3 is 16.8 Å². The van der Waals surface area contributed by atoms with Gasteiger partial charge in [-0.1, -0.05) is 26.0 Å². The van der Waals surface area contributed by atoms with Crippen molar-refractivity contribution in [3.63, 3.8) is 0 Å². The van der Waals surface area contributed by atoms with Crippen molar-refractivity contribution < 1.29 is 46.8 Å². The number of aliphatic carboxylic acids is 2. The number of aryl methyl sites for hydroxylation is 2. The summed E-state index contributed by atoms with van der Waals surface area (Å²) in [6.45, 7) is 7.15. The van der Waals surface area contributed by atoms with Crippen LogP contribution in [0.25, 0.3) is 0 Å². The predicted molar refractivity (Wildman–Crippen MR) is 121 cm³/mol. The summed E-state index contributed by atoms with van der Waals surface area (Å²) in [5.41, 5.74) is 3.79. The Kier molecular flexibility index (Phi) is 17.9. The fourth-order valence-electron chi connectivity index (χ4n) is 2.30. The molecule has 9 heteroatoms. The summed E-state index contributed by atoms with van der Waals surface area (Å²) in [4.78, 5) is 26.4. The molecule has 2 aromatic rings. The number of hydrogen-bond donors (Lipinski definition) is 2. The van der Waals surface area contributed by atoms with Crippen LogP contribution in [0.15, 0.2) is 46.4 Å². The molecule has 0 saturated heterocycles. The molecule has 2 rings (SSSR count). The molecule has 2 aromatic carbocycles. The molecule has 0 aromatic heterocycles. The topological polar surface area (TPSA) is 145 Å². The first-order valence-electron chi connectivity index (χ1n) is 10.1. The Hall–Kier alpha value is -3.17. The first kappa shape index (κ1) is 32.0. The van der Waals surface area contributed by atoms with Gasteiger partial charge in [-0.2, -0.15) is 0 Å². The third kappa shape index (κ3) is 16.2. The molecule has 2 N–H and O–H groups in total. The molecule has 0 aliphatic heterocycles. The maximum absolute atomic E-state index is 9.81. The summed E-state index contributed by atoms with van der Waals surface area (Å²) < 4.78 is 0. The average molecular weight is 501 g/mol. The minimum absolute atomic E-state index is 0. The van der Waals surface area contributed by atoms with E-state index in [1.807, 2.05) is 24.3 Å². The Morgan fingerprint density at radius 3 is 1.36 bits per heavy atom. The average Bonchev–Trinajstić information content (AvgIpc) is 2.72. The van der Waals surface area contributed by atoms with Crippen molar-refractivity contribution >= 4 is 24.4 Å². The van der Waals surface area contributed by atoms with Crippen molar-refractivity contribution in [1.82, 2.24) is 0 Å². The second-order valence-electron chi connectivity index (χ2n) is 6.55. The molecular formula is C24H30CoN2O6. The first-order chi connectivity index (χ1) is 15.1. The summed E-state index contributed by atoms with van der Waals surface area (Å²) in [5.74, 6) is -1.69. The molecule has 0 bridgehead atoms. The van der Waals surface area contributed by atoms with Crippen molar-refractivity contribution in [2.75, 3.05) is 13.1 Å². The normalized spacial score (nSPS) is 9.94. The number of hydrogen-bond acceptors (Lipinski definition) is 8. The molecule has 0 fully saturated rings. The van der Waals surface area contributed by atoms with Crippen LogP contribution < -0.4 is 10.2 Å². The van der Waals surface area contributed by atoms with Crippen molar-refractivity contribution in [2.45, 2.75) is 40.5 Å². The van der Waals surface area contributed by atoms with Gasteiger partial charge in [0.1, 0.15) is 11.5 Å². The van der Waals surface area contributed by atoms with Gasteiger partial charge in [0.05, 0.1) is 13.1 Å². The number of carboxylic acids is 2. The number of nitrogens with zero attached hydrogens (tertiary/aromatic N) is 2. The second kappa shape index (κ2) is 18.4. The van der Waals surface area contributed by atoms with Gasteiger partial charge < -0.3 is 30.0 Å². The smallest absolute Gasteiger partial charge is 0.550 e. The second-order valence-corrected chi connectivity index (χ2v) is 6.55. The largest absolute Gasteiger partial charge is 2.00 e. The fourth-order valence-corrected chi connectivity index (χ4v) is 2.30. The molecule has 0 aliphatic rings. The number of carbonyl (C=O) groups is 2. The molecule has 0 saturated carbocycles. The molecule has 0 aliphatic carbocycles. The van der Waals surface area contributed by atoms with Gasteiger partial charge in [-0.3, -0.25) is 9.98 Å². The zero-order valence-corrected chi connectivity index (χ0v) is 20.2. The van der Waals surface area contributed by atoms with E-state index >= 15 is 0 Å². The van der Waals surface area contributed by atoms with Crippen LogP contribution in [0.2, 0.25) is 0 Å². The molecule has 0 amide bonds. The van der Waals surface area contributed by atoms with Crippen molar-refractivity contribution in [1.29, 1.82) is 0 Å². The van der Waals surface area contributed by atoms with Gasteiger partial charge in [0, 0.05) is 35.5 Å². The Morgan fingerprint density at radius 2 is 1.09 bits per heavy atom. The van der Waals surface area contributed by atoms with E-state index in [9.17, 15) is 10.2 Å². The molecule has 33 heavy (non-hydrogen) atoms.